The Bertz CT molecular complexity index is 94.1. The molecule has 0 spiro atoms. The van der Waals surface area contributed by atoms with Crippen molar-refractivity contribution in [3.63, 3.8) is 0 Å². The van der Waals surface area contributed by atoms with E-state index in [4.69, 9.17) is 9.47 Å². The minimum absolute atomic E-state index is 0.691. The van der Waals surface area contributed by atoms with E-state index in [0.29, 0.717) is 5.92 Å². The molecule has 0 aromatic heterocycles. The first kappa shape index (κ1) is 12.9. The Kier molecular flexibility index (Phi) is 9.94. The highest BCUT2D eigenvalue weighted by Crippen LogP contribution is 2.14. The van der Waals surface area contributed by atoms with Crippen LogP contribution in [0.4, 0.5) is 0 Å². The van der Waals surface area contributed by atoms with Crippen LogP contribution >= 0.6 is 0 Å². The van der Waals surface area contributed by atoms with Crippen molar-refractivity contribution in [1.82, 2.24) is 0 Å². The molecule has 0 aromatic rings. The maximum Gasteiger partial charge on any atom is 0.0491 e. The number of methoxy groups -OCH3 is 2. The van der Waals surface area contributed by atoms with Gasteiger partial charge in [0.15, 0.2) is 0 Å². The average molecular weight is 188 g/mol. The highest BCUT2D eigenvalue weighted by atomic mass is 16.5. The molecular weight excluding hydrogens is 164 g/mol. The molecule has 0 saturated carbocycles. The topological polar surface area (TPSA) is 18.5 Å². The largest absolute Gasteiger partial charge is 0.385 e. The molecule has 13 heavy (non-hydrogen) atoms. The molecule has 80 valence electrons. The van der Waals surface area contributed by atoms with E-state index in [0.717, 1.165) is 19.6 Å². The van der Waals surface area contributed by atoms with Crippen LogP contribution in [-0.4, -0.2) is 27.4 Å². The van der Waals surface area contributed by atoms with Gasteiger partial charge in [0, 0.05) is 27.4 Å². The second-order valence-corrected chi connectivity index (χ2v) is 3.60. The van der Waals surface area contributed by atoms with Gasteiger partial charge in [-0.1, -0.05) is 26.2 Å². The zero-order valence-electron chi connectivity index (χ0n) is 9.34. The van der Waals surface area contributed by atoms with E-state index in [1.54, 1.807) is 14.2 Å². The quantitative estimate of drug-likeness (QED) is 0.518. The molecule has 0 aliphatic heterocycles. The van der Waals surface area contributed by atoms with E-state index >= 15 is 0 Å². The van der Waals surface area contributed by atoms with E-state index in [-0.39, 0.29) is 0 Å². The third kappa shape index (κ3) is 8.26. The van der Waals surface area contributed by atoms with E-state index < -0.39 is 0 Å². The predicted molar refractivity (Wildman–Crippen MR) is 56.0 cm³/mol. The summed E-state index contributed by atoms with van der Waals surface area (Å²) in [6.07, 6.45) is 6.38. The Morgan fingerprint density at radius 2 is 1.77 bits per heavy atom. The van der Waals surface area contributed by atoms with Crippen molar-refractivity contribution in [2.24, 2.45) is 5.92 Å². The van der Waals surface area contributed by atoms with Crippen molar-refractivity contribution < 1.29 is 9.47 Å². The molecule has 0 aromatic carbocycles. The number of hydrogen-bond donors (Lipinski definition) is 0. The van der Waals surface area contributed by atoms with Crippen LogP contribution in [0.5, 0.6) is 0 Å². The van der Waals surface area contributed by atoms with Crippen LogP contribution in [0, 0.1) is 5.92 Å². The first-order chi connectivity index (χ1) is 6.35. The molecule has 0 amide bonds. The van der Waals surface area contributed by atoms with E-state index in [1.165, 1.54) is 25.7 Å². The van der Waals surface area contributed by atoms with Crippen LogP contribution in [0.1, 0.15) is 39.0 Å². The average Bonchev–Trinajstić information content (AvgIpc) is 2.14. The Morgan fingerprint density at radius 1 is 1.00 bits per heavy atom. The summed E-state index contributed by atoms with van der Waals surface area (Å²) in [5, 5.41) is 0. The van der Waals surface area contributed by atoms with Gasteiger partial charge >= 0.3 is 0 Å². The van der Waals surface area contributed by atoms with Gasteiger partial charge < -0.3 is 9.47 Å². The maximum atomic E-state index is 5.18. The zero-order chi connectivity index (χ0) is 9.94. The fraction of sp³-hybridized carbons (Fsp3) is 1.00. The lowest BCUT2D eigenvalue weighted by Gasteiger charge is -2.14. The lowest BCUT2D eigenvalue weighted by molar-refractivity contribution is 0.112. The van der Waals surface area contributed by atoms with E-state index in [2.05, 4.69) is 6.92 Å². The first-order valence-corrected chi connectivity index (χ1v) is 5.33. The molecule has 0 saturated heterocycles. The molecular formula is C11H24O2. The molecule has 0 radical (unpaired) electrons. The van der Waals surface area contributed by atoms with Gasteiger partial charge in [0.1, 0.15) is 0 Å². The second-order valence-electron chi connectivity index (χ2n) is 3.60. The van der Waals surface area contributed by atoms with Gasteiger partial charge in [-0.05, 0) is 18.8 Å². The lowest BCUT2D eigenvalue weighted by Crippen LogP contribution is -2.10. The molecule has 0 bridgehead atoms. The van der Waals surface area contributed by atoms with Gasteiger partial charge in [0.2, 0.25) is 0 Å². The summed E-state index contributed by atoms with van der Waals surface area (Å²) in [6, 6.07) is 0. The minimum Gasteiger partial charge on any atom is -0.385 e. The van der Waals surface area contributed by atoms with Crippen molar-refractivity contribution in [3.8, 4) is 0 Å². The van der Waals surface area contributed by atoms with E-state index in [1.807, 2.05) is 0 Å². The first-order valence-electron chi connectivity index (χ1n) is 5.33. The molecule has 0 aliphatic carbocycles. The predicted octanol–water partition coefficient (Wildman–Crippen LogP) is 2.87. The molecule has 0 N–H and O–H groups in total. The summed E-state index contributed by atoms with van der Waals surface area (Å²) in [7, 11) is 3.54. The van der Waals surface area contributed by atoms with Gasteiger partial charge in [-0.25, -0.2) is 0 Å². The monoisotopic (exact) mass is 188 g/mol. The Hall–Kier alpha value is -0.0800. The van der Waals surface area contributed by atoms with Crippen LogP contribution < -0.4 is 0 Å². The lowest BCUT2D eigenvalue weighted by atomic mass is 9.99. The molecule has 1 unspecified atom stereocenters. The zero-order valence-corrected chi connectivity index (χ0v) is 9.34. The van der Waals surface area contributed by atoms with Crippen molar-refractivity contribution in [2.75, 3.05) is 27.4 Å². The third-order valence-electron chi connectivity index (χ3n) is 2.35. The smallest absolute Gasteiger partial charge is 0.0491 e. The highest BCUT2D eigenvalue weighted by Gasteiger charge is 2.07. The van der Waals surface area contributed by atoms with Gasteiger partial charge in [-0.15, -0.1) is 0 Å². The summed E-state index contributed by atoms with van der Waals surface area (Å²) in [5.74, 6) is 0.691. The summed E-state index contributed by atoms with van der Waals surface area (Å²) in [4.78, 5) is 0. The Morgan fingerprint density at radius 3 is 2.31 bits per heavy atom. The van der Waals surface area contributed by atoms with Crippen LogP contribution in [0.15, 0.2) is 0 Å². The van der Waals surface area contributed by atoms with Crippen LogP contribution in [0.25, 0.3) is 0 Å². The molecule has 1 atom stereocenters. The van der Waals surface area contributed by atoms with Gasteiger partial charge in [-0.2, -0.15) is 0 Å². The van der Waals surface area contributed by atoms with Crippen molar-refractivity contribution in [3.05, 3.63) is 0 Å². The summed E-state index contributed by atoms with van der Waals surface area (Å²) in [5.41, 5.74) is 0. The van der Waals surface area contributed by atoms with Crippen molar-refractivity contribution in [1.29, 1.82) is 0 Å². The summed E-state index contributed by atoms with van der Waals surface area (Å²) < 4.78 is 10.2. The molecule has 0 rings (SSSR count). The summed E-state index contributed by atoms with van der Waals surface area (Å²) >= 11 is 0. The molecule has 2 nitrogen and oxygen atoms in total. The van der Waals surface area contributed by atoms with E-state index in [9.17, 15) is 0 Å². The number of rotatable bonds is 9. The van der Waals surface area contributed by atoms with Gasteiger partial charge in [0.05, 0.1) is 0 Å². The fourth-order valence-electron chi connectivity index (χ4n) is 1.51. The van der Waals surface area contributed by atoms with Crippen molar-refractivity contribution >= 4 is 0 Å². The standard InChI is InChI=1S/C11H24O2/c1-4-5-6-7-11(10-13-3)8-9-12-2/h11H,4-10H2,1-3H3. The molecule has 0 heterocycles. The third-order valence-corrected chi connectivity index (χ3v) is 2.35. The minimum atomic E-state index is 0.691. The molecule has 0 fully saturated rings. The van der Waals surface area contributed by atoms with Crippen molar-refractivity contribution in [2.45, 2.75) is 39.0 Å². The Balaban J connectivity index is 3.41. The van der Waals surface area contributed by atoms with Crippen LogP contribution in [0.3, 0.4) is 0 Å². The Labute approximate surface area is 82.6 Å². The number of unbranched alkanes of at least 4 members (excludes halogenated alkanes) is 2. The normalized spacial score (nSPS) is 13.2. The number of hydrogen-bond acceptors (Lipinski definition) is 2. The summed E-state index contributed by atoms with van der Waals surface area (Å²) in [6.45, 7) is 3.98. The van der Waals surface area contributed by atoms with Gasteiger partial charge in [-0.3, -0.25) is 0 Å². The van der Waals surface area contributed by atoms with Crippen LogP contribution in [0.2, 0.25) is 0 Å². The highest BCUT2D eigenvalue weighted by molar-refractivity contribution is 4.58. The fourth-order valence-corrected chi connectivity index (χ4v) is 1.51. The SMILES string of the molecule is CCCCCC(CCOC)COC. The van der Waals surface area contributed by atoms with Crippen LogP contribution in [-0.2, 0) is 9.47 Å². The molecule has 2 heteroatoms. The second kappa shape index (κ2) is 10.0. The number of ether oxygens (including phenoxy) is 2. The van der Waals surface area contributed by atoms with Gasteiger partial charge in [0.25, 0.3) is 0 Å². The maximum absolute atomic E-state index is 5.18. The molecule has 0 aliphatic rings.